The van der Waals surface area contributed by atoms with Crippen molar-refractivity contribution in [2.45, 2.75) is 44.8 Å². The van der Waals surface area contributed by atoms with E-state index in [2.05, 4.69) is 15.2 Å². The van der Waals surface area contributed by atoms with Gasteiger partial charge in [0.05, 0.1) is 6.10 Å². The van der Waals surface area contributed by atoms with E-state index in [1.54, 1.807) is 11.9 Å². The number of piperidine rings is 1. The molecule has 24 heavy (non-hydrogen) atoms. The van der Waals surface area contributed by atoms with E-state index >= 15 is 0 Å². The van der Waals surface area contributed by atoms with Crippen molar-refractivity contribution in [1.29, 1.82) is 0 Å². The zero-order valence-corrected chi connectivity index (χ0v) is 14.6. The van der Waals surface area contributed by atoms with Gasteiger partial charge in [-0.3, -0.25) is 0 Å². The summed E-state index contributed by atoms with van der Waals surface area (Å²) < 4.78 is 0. The molecule has 1 unspecified atom stereocenters. The third-order valence-corrected chi connectivity index (χ3v) is 4.99. The van der Waals surface area contributed by atoms with Crippen molar-refractivity contribution in [2.75, 3.05) is 31.6 Å². The van der Waals surface area contributed by atoms with Crippen LogP contribution in [0, 0.1) is 12.8 Å². The summed E-state index contributed by atoms with van der Waals surface area (Å²) in [7, 11) is 1.76. The predicted octanol–water partition coefficient (Wildman–Crippen LogP) is 1.77. The van der Waals surface area contributed by atoms with Gasteiger partial charge >= 0.3 is 6.03 Å². The van der Waals surface area contributed by atoms with Gasteiger partial charge in [-0.25, -0.2) is 9.78 Å². The Morgan fingerprint density at radius 2 is 2.08 bits per heavy atom. The molecular weight excluding hydrogens is 304 g/mol. The van der Waals surface area contributed by atoms with E-state index in [0.717, 1.165) is 50.3 Å². The standard InChI is InChI=1S/C18H28N4O2/c1-13-4-3-5-17(19-13)22-10-8-15(9-11-22)20-18(24)21(2)12-16(23)14-6-7-14/h3-5,14-16,23H,6-12H2,1-2H3,(H,20,24). The molecule has 1 aliphatic carbocycles. The quantitative estimate of drug-likeness (QED) is 0.862. The zero-order valence-electron chi connectivity index (χ0n) is 14.6. The Morgan fingerprint density at radius 3 is 2.71 bits per heavy atom. The number of aryl methyl sites for hydroxylation is 1. The van der Waals surface area contributed by atoms with E-state index in [9.17, 15) is 9.90 Å². The zero-order chi connectivity index (χ0) is 17.1. The number of aliphatic hydroxyl groups is 1. The van der Waals surface area contributed by atoms with Gasteiger partial charge in [0.25, 0.3) is 0 Å². The van der Waals surface area contributed by atoms with Crippen LogP contribution in [-0.4, -0.2) is 59.8 Å². The molecule has 6 nitrogen and oxygen atoms in total. The van der Waals surface area contributed by atoms with Gasteiger partial charge in [-0.15, -0.1) is 0 Å². The molecule has 1 saturated heterocycles. The summed E-state index contributed by atoms with van der Waals surface area (Å²) in [4.78, 5) is 20.7. The minimum absolute atomic E-state index is 0.0816. The van der Waals surface area contributed by atoms with Gasteiger partial charge < -0.3 is 20.2 Å². The Morgan fingerprint density at radius 1 is 1.38 bits per heavy atom. The molecule has 2 fully saturated rings. The molecule has 3 rings (SSSR count). The summed E-state index contributed by atoms with van der Waals surface area (Å²) in [6.45, 7) is 4.22. The second kappa shape index (κ2) is 7.38. The molecule has 2 heterocycles. The molecule has 2 N–H and O–H groups in total. The molecule has 0 bridgehead atoms. The first-order chi connectivity index (χ1) is 11.5. The number of urea groups is 1. The number of aliphatic hydroxyl groups excluding tert-OH is 1. The lowest BCUT2D eigenvalue weighted by atomic mass is 10.1. The normalized spacial score (nSPS) is 19.9. The molecule has 2 aliphatic rings. The Hall–Kier alpha value is -1.82. The highest BCUT2D eigenvalue weighted by atomic mass is 16.3. The van der Waals surface area contributed by atoms with Crippen LogP contribution in [-0.2, 0) is 0 Å². The minimum Gasteiger partial charge on any atom is -0.391 e. The van der Waals surface area contributed by atoms with Gasteiger partial charge in [-0.05, 0) is 50.7 Å². The predicted molar refractivity (Wildman–Crippen MR) is 94.1 cm³/mol. The van der Waals surface area contributed by atoms with Crippen molar-refractivity contribution in [1.82, 2.24) is 15.2 Å². The smallest absolute Gasteiger partial charge is 0.317 e. The molecule has 0 radical (unpaired) electrons. The number of likely N-dealkylation sites (N-methyl/N-ethyl adjacent to an activating group) is 1. The fourth-order valence-electron chi connectivity index (χ4n) is 3.24. The van der Waals surface area contributed by atoms with E-state index < -0.39 is 0 Å². The van der Waals surface area contributed by atoms with Crippen molar-refractivity contribution >= 4 is 11.8 Å². The number of rotatable bonds is 5. The van der Waals surface area contributed by atoms with Crippen molar-refractivity contribution in [3.63, 3.8) is 0 Å². The van der Waals surface area contributed by atoms with Crippen molar-refractivity contribution in [3.8, 4) is 0 Å². The van der Waals surface area contributed by atoms with Crippen molar-refractivity contribution in [3.05, 3.63) is 23.9 Å². The number of anilines is 1. The Bertz CT molecular complexity index is 568. The summed E-state index contributed by atoms with van der Waals surface area (Å²) in [5, 5.41) is 13.1. The molecule has 132 valence electrons. The van der Waals surface area contributed by atoms with Crippen LogP contribution in [0.5, 0.6) is 0 Å². The van der Waals surface area contributed by atoms with Crippen LogP contribution in [0.15, 0.2) is 18.2 Å². The Labute approximate surface area is 143 Å². The van der Waals surface area contributed by atoms with Gasteiger partial charge in [0.2, 0.25) is 0 Å². The van der Waals surface area contributed by atoms with Gasteiger partial charge in [-0.2, -0.15) is 0 Å². The van der Waals surface area contributed by atoms with Gasteiger partial charge in [0.1, 0.15) is 5.82 Å². The molecule has 0 spiro atoms. The highest BCUT2D eigenvalue weighted by Gasteiger charge is 2.31. The summed E-state index contributed by atoms with van der Waals surface area (Å²) in [6.07, 6.45) is 3.63. The van der Waals surface area contributed by atoms with Crippen LogP contribution in [0.2, 0.25) is 0 Å². The molecule has 2 amide bonds. The molecule has 6 heteroatoms. The molecule has 0 aromatic carbocycles. The van der Waals surface area contributed by atoms with E-state index in [4.69, 9.17) is 0 Å². The summed E-state index contributed by atoms with van der Waals surface area (Å²) in [5.41, 5.74) is 1.03. The first-order valence-corrected chi connectivity index (χ1v) is 8.91. The largest absolute Gasteiger partial charge is 0.391 e. The minimum atomic E-state index is -0.380. The molecule has 1 aromatic heterocycles. The second-order valence-electron chi connectivity index (χ2n) is 7.13. The fourth-order valence-corrected chi connectivity index (χ4v) is 3.24. The highest BCUT2D eigenvalue weighted by Crippen LogP contribution is 2.32. The number of carbonyl (C=O) groups is 1. The molecule has 1 aromatic rings. The monoisotopic (exact) mass is 332 g/mol. The van der Waals surface area contributed by atoms with Crippen molar-refractivity contribution < 1.29 is 9.90 Å². The summed E-state index contributed by atoms with van der Waals surface area (Å²) in [5.74, 6) is 1.41. The van der Waals surface area contributed by atoms with E-state index in [1.807, 2.05) is 25.1 Å². The number of aromatic nitrogens is 1. The number of nitrogens with zero attached hydrogens (tertiary/aromatic N) is 3. The SMILES string of the molecule is Cc1cccc(N2CCC(NC(=O)N(C)CC(O)C3CC3)CC2)n1. The van der Waals surface area contributed by atoms with Gasteiger partial charge in [0.15, 0.2) is 0 Å². The fraction of sp³-hybridized carbons (Fsp3) is 0.667. The van der Waals surface area contributed by atoms with Crippen LogP contribution in [0.25, 0.3) is 0 Å². The first kappa shape index (κ1) is 17.0. The van der Waals surface area contributed by atoms with Crippen LogP contribution in [0.4, 0.5) is 10.6 Å². The highest BCUT2D eigenvalue weighted by molar-refractivity contribution is 5.74. The molecule has 1 aliphatic heterocycles. The Balaban J connectivity index is 1.43. The number of pyridine rings is 1. The van der Waals surface area contributed by atoms with E-state index in [0.29, 0.717) is 12.5 Å². The maximum absolute atomic E-state index is 12.3. The maximum Gasteiger partial charge on any atom is 0.317 e. The summed E-state index contributed by atoms with van der Waals surface area (Å²) >= 11 is 0. The maximum atomic E-state index is 12.3. The average Bonchev–Trinajstić information content (AvgIpc) is 3.40. The van der Waals surface area contributed by atoms with Crippen LogP contribution in [0.3, 0.4) is 0 Å². The number of hydrogen-bond acceptors (Lipinski definition) is 4. The average molecular weight is 332 g/mol. The third kappa shape index (κ3) is 4.38. The number of nitrogens with one attached hydrogen (secondary N) is 1. The lowest BCUT2D eigenvalue weighted by molar-refractivity contribution is 0.112. The van der Waals surface area contributed by atoms with E-state index in [-0.39, 0.29) is 18.2 Å². The van der Waals surface area contributed by atoms with Crippen LogP contribution >= 0.6 is 0 Å². The van der Waals surface area contributed by atoms with Crippen LogP contribution in [0.1, 0.15) is 31.4 Å². The van der Waals surface area contributed by atoms with Gasteiger partial charge in [0, 0.05) is 38.4 Å². The second-order valence-corrected chi connectivity index (χ2v) is 7.13. The number of carbonyl (C=O) groups excluding carboxylic acids is 1. The summed E-state index contributed by atoms with van der Waals surface area (Å²) in [6, 6.07) is 6.19. The Kier molecular flexibility index (Phi) is 5.23. The first-order valence-electron chi connectivity index (χ1n) is 8.91. The molecular formula is C18H28N4O2. The van der Waals surface area contributed by atoms with Gasteiger partial charge in [-0.1, -0.05) is 6.07 Å². The van der Waals surface area contributed by atoms with Crippen LogP contribution < -0.4 is 10.2 Å². The lowest BCUT2D eigenvalue weighted by Gasteiger charge is -2.34. The van der Waals surface area contributed by atoms with Crippen molar-refractivity contribution in [2.24, 2.45) is 5.92 Å². The number of amides is 2. The topological polar surface area (TPSA) is 68.7 Å². The molecule has 1 atom stereocenters. The number of hydrogen-bond donors (Lipinski definition) is 2. The lowest BCUT2D eigenvalue weighted by Crippen LogP contribution is -2.49. The van der Waals surface area contributed by atoms with E-state index in [1.165, 1.54) is 0 Å². The third-order valence-electron chi connectivity index (χ3n) is 4.99. The molecule has 1 saturated carbocycles.